The zero-order valence-corrected chi connectivity index (χ0v) is 17.5. The Balaban J connectivity index is 0.000000366. The van der Waals surface area contributed by atoms with Gasteiger partial charge in [-0.3, -0.25) is 4.79 Å². The number of fused-ring (bicyclic) bond motifs is 1. The molecule has 0 bridgehead atoms. The van der Waals surface area contributed by atoms with E-state index in [0.29, 0.717) is 25.0 Å². The molecule has 0 unspecified atom stereocenters. The van der Waals surface area contributed by atoms with Crippen LogP contribution in [0.1, 0.15) is 28.2 Å². The lowest BCUT2D eigenvalue weighted by Crippen LogP contribution is -2.03. The Morgan fingerprint density at radius 1 is 1.13 bits per heavy atom. The molecule has 8 heteroatoms. The van der Waals surface area contributed by atoms with Gasteiger partial charge in [0.25, 0.3) is 0 Å². The van der Waals surface area contributed by atoms with E-state index in [1.807, 2.05) is 66.0 Å². The molecule has 2 heterocycles. The Kier molecular flexibility index (Phi) is 8.08. The van der Waals surface area contributed by atoms with Crippen LogP contribution in [0.2, 0.25) is 0 Å². The quantitative estimate of drug-likeness (QED) is 0.326. The number of aromatic nitrogens is 3. The molecule has 3 aromatic rings. The number of aryl methyl sites for hydroxylation is 2. The second-order valence-corrected chi connectivity index (χ2v) is 6.82. The van der Waals surface area contributed by atoms with Crippen LogP contribution < -0.4 is 0 Å². The molecule has 0 amide bonds. The average molecular weight is 423 g/mol. The highest BCUT2D eigenvalue weighted by Crippen LogP contribution is 2.22. The van der Waals surface area contributed by atoms with E-state index in [9.17, 15) is 14.4 Å². The number of hydrogen-bond acceptors (Lipinski definition) is 4. The van der Waals surface area contributed by atoms with Crippen LogP contribution >= 0.6 is 0 Å². The Hall–Kier alpha value is -3.94. The molecule has 0 spiro atoms. The molecule has 0 atom stereocenters. The highest BCUT2D eigenvalue weighted by molar-refractivity contribution is 6.08. The maximum Gasteiger partial charge on any atom is 0.328 e. The molecular formula is C23H25N3O5. The number of hydrogen-bond donors (Lipinski definition) is 2. The van der Waals surface area contributed by atoms with Crippen molar-refractivity contribution in [2.45, 2.75) is 26.3 Å². The number of imidazole rings is 1. The van der Waals surface area contributed by atoms with Crippen LogP contribution in [0.15, 0.2) is 61.6 Å². The van der Waals surface area contributed by atoms with E-state index in [-0.39, 0.29) is 5.78 Å². The Bertz CT molecular complexity index is 1120. The van der Waals surface area contributed by atoms with Crippen LogP contribution in [0.5, 0.6) is 0 Å². The summed E-state index contributed by atoms with van der Waals surface area (Å²) in [4.78, 5) is 36.2. The van der Waals surface area contributed by atoms with Gasteiger partial charge < -0.3 is 19.3 Å². The molecule has 0 saturated heterocycles. The number of benzene rings is 1. The summed E-state index contributed by atoms with van der Waals surface area (Å²) in [7, 11) is 1.97. The SMILES string of the molecule is C=CCn1cnc(CCC(=O)c2cn(C)c3ccccc23)c1C.O=C(O)/C=C\C(=O)O. The molecule has 0 aliphatic carbocycles. The number of carbonyl (C=O) groups excluding carboxylic acids is 1. The van der Waals surface area contributed by atoms with Gasteiger partial charge in [0, 0.05) is 60.5 Å². The molecule has 2 aromatic heterocycles. The van der Waals surface area contributed by atoms with Crippen molar-refractivity contribution in [1.29, 1.82) is 0 Å². The Morgan fingerprint density at radius 3 is 2.39 bits per heavy atom. The van der Waals surface area contributed by atoms with E-state index < -0.39 is 11.9 Å². The average Bonchev–Trinajstić information content (AvgIpc) is 3.26. The third-order valence-corrected chi connectivity index (χ3v) is 4.68. The normalized spacial score (nSPS) is 10.6. The zero-order valence-electron chi connectivity index (χ0n) is 17.5. The summed E-state index contributed by atoms with van der Waals surface area (Å²) in [5, 5.41) is 16.6. The standard InChI is InChI=1S/C19H21N3O.C4H4O4/c1-4-11-22-13-20-17(14(22)2)9-10-19(23)16-12-21(3)18-8-6-5-7-15(16)18;5-3(6)1-2-4(7)8/h4-8,12-13H,1,9-11H2,2-3H3;1-2H,(H,5,6)(H,7,8)/b;2-1-. The van der Waals surface area contributed by atoms with Gasteiger partial charge in [0.05, 0.1) is 12.0 Å². The predicted molar refractivity (Wildman–Crippen MR) is 117 cm³/mol. The van der Waals surface area contributed by atoms with Crippen LogP contribution in [0.4, 0.5) is 0 Å². The molecule has 0 fully saturated rings. The minimum Gasteiger partial charge on any atom is -0.478 e. The van der Waals surface area contributed by atoms with Crippen molar-refractivity contribution in [1.82, 2.24) is 14.1 Å². The monoisotopic (exact) mass is 423 g/mol. The van der Waals surface area contributed by atoms with Crippen molar-refractivity contribution in [3.05, 3.63) is 78.5 Å². The first kappa shape index (κ1) is 23.3. The van der Waals surface area contributed by atoms with E-state index in [1.165, 1.54) is 0 Å². The number of allylic oxidation sites excluding steroid dienone is 1. The summed E-state index contributed by atoms with van der Waals surface area (Å²) in [6.07, 6.45) is 7.84. The molecule has 2 N–H and O–H groups in total. The first-order chi connectivity index (χ1) is 14.7. The molecule has 0 radical (unpaired) electrons. The summed E-state index contributed by atoms with van der Waals surface area (Å²) < 4.78 is 4.05. The number of para-hydroxylation sites is 1. The van der Waals surface area contributed by atoms with Crippen LogP contribution in [0.3, 0.4) is 0 Å². The molecule has 1 aromatic carbocycles. The largest absolute Gasteiger partial charge is 0.478 e. The predicted octanol–water partition coefficient (Wildman–Crippen LogP) is 3.40. The zero-order chi connectivity index (χ0) is 23.0. The molecule has 0 aliphatic heterocycles. The van der Waals surface area contributed by atoms with E-state index in [2.05, 4.69) is 11.6 Å². The Labute approximate surface area is 179 Å². The maximum absolute atomic E-state index is 12.6. The lowest BCUT2D eigenvalue weighted by atomic mass is 10.0. The second kappa shape index (κ2) is 10.7. The van der Waals surface area contributed by atoms with Gasteiger partial charge in [0.15, 0.2) is 5.78 Å². The molecule has 8 nitrogen and oxygen atoms in total. The molecule has 0 aliphatic rings. The summed E-state index contributed by atoms with van der Waals surface area (Å²) in [6, 6.07) is 8.01. The fourth-order valence-electron chi connectivity index (χ4n) is 3.13. The van der Waals surface area contributed by atoms with Crippen molar-refractivity contribution in [2.75, 3.05) is 0 Å². The summed E-state index contributed by atoms with van der Waals surface area (Å²) in [6.45, 7) is 6.53. The third kappa shape index (κ3) is 6.27. The molecule has 31 heavy (non-hydrogen) atoms. The number of carboxylic acids is 2. The first-order valence-electron chi connectivity index (χ1n) is 9.57. The van der Waals surface area contributed by atoms with Crippen molar-refractivity contribution in [2.24, 2.45) is 7.05 Å². The highest BCUT2D eigenvalue weighted by Gasteiger charge is 2.15. The van der Waals surface area contributed by atoms with E-state index in [4.69, 9.17) is 10.2 Å². The number of carboxylic acid groups (broad SMARTS) is 2. The van der Waals surface area contributed by atoms with Crippen LogP contribution in [0, 0.1) is 6.92 Å². The van der Waals surface area contributed by atoms with Crippen molar-refractivity contribution in [3.8, 4) is 0 Å². The summed E-state index contributed by atoms with van der Waals surface area (Å²) in [5.74, 6) is -2.35. The fraction of sp³-hybridized carbons (Fsp3) is 0.217. The first-order valence-corrected chi connectivity index (χ1v) is 9.57. The number of aliphatic carboxylic acids is 2. The maximum atomic E-state index is 12.6. The minimum atomic E-state index is -1.26. The second-order valence-electron chi connectivity index (χ2n) is 6.82. The molecule has 3 rings (SSSR count). The van der Waals surface area contributed by atoms with Gasteiger partial charge in [-0.15, -0.1) is 6.58 Å². The highest BCUT2D eigenvalue weighted by atomic mass is 16.4. The van der Waals surface area contributed by atoms with Gasteiger partial charge in [-0.1, -0.05) is 24.3 Å². The molecule has 162 valence electrons. The summed E-state index contributed by atoms with van der Waals surface area (Å²) >= 11 is 0. The Morgan fingerprint density at radius 2 is 1.77 bits per heavy atom. The third-order valence-electron chi connectivity index (χ3n) is 4.68. The van der Waals surface area contributed by atoms with Gasteiger partial charge in [0.2, 0.25) is 0 Å². The van der Waals surface area contributed by atoms with Gasteiger partial charge in [-0.05, 0) is 19.4 Å². The number of carbonyl (C=O) groups is 3. The fourth-order valence-corrected chi connectivity index (χ4v) is 3.13. The van der Waals surface area contributed by atoms with E-state index in [1.54, 1.807) is 0 Å². The van der Waals surface area contributed by atoms with Gasteiger partial charge in [0.1, 0.15) is 0 Å². The smallest absolute Gasteiger partial charge is 0.328 e. The van der Waals surface area contributed by atoms with Crippen LogP contribution in [-0.4, -0.2) is 42.1 Å². The number of ketones is 1. The summed E-state index contributed by atoms with van der Waals surface area (Å²) in [5.41, 5.74) is 3.98. The molecule has 0 saturated carbocycles. The van der Waals surface area contributed by atoms with Gasteiger partial charge in [-0.2, -0.15) is 0 Å². The minimum absolute atomic E-state index is 0.166. The number of nitrogens with zero attached hydrogens (tertiary/aromatic N) is 3. The van der Waals surface area contributed by atoms with Crippen molar-refractivity contribution >= 4 is 28.6 Å². The molecular weight excluding hydrogens is 398 g/mol. The topological polar surface area (TPSA) is 114 Å². The van der Waals surface area contributed by atoms with Gasteiger partial charge in [-0.25, -0.2) is 14.6 Å². The number of rotatable bonds is 8. The van der Waals surface area contributed by atoms with Crippen molar-refractivity contribution in [3.63, 3.8) is 0 Å². The van der Waals surface area contributed by atoms with E-state index >= 15 is 0 Å². The van der Waals surface area contributed by atoms with Crippen LogP contribution in [0.25, 0.3) is 10.9 Å². The lowest BCUT2D eigenvalue weighted by molar-refractivity contribution is -0.134. The van der Waals surface area contributed by atoms with Crippen LogP contribution in [-0.2, 0) is 29.6 Å². The number of Topliss-reactive ketones (excluding diaryl/α,β-unsaturated/α-hetero) is 1. The van der Waals surface area contributed by atoms with Gasteiger partial charge >= 0.3 is 11.9 Å². The van der Waals surface area contributed by atoms with Crippen molar-refractivity contribution < 1.29 is 24.6 Å². The van der Waals surface area contributed by atoms with E-state index in [0.717, 1.165) is 34.4 Å². The lowest BCUT2D eigenvalue weighted by Gasteiger charge is -2.02.